The third-order valence-corrected chi connectivity index (χ3v) is 9.02. The van der Waals surface area contributed by atoms with Crippen LogP contribution in [0.15, 0.2) is 32.8 Å². The van der Waals surface area contributed by atoms with Crippen LogP contribution in [0.5, 0.6) is 11.8 Å². The van der Waals surface area contributed by atoms with Crippen LogP contribution in [0.3, 0.4) is 0 Å². The lowest BCUT2D eigenvalue weighted by atomic mass is 10.1. The van der Waals surface area contributed by atoms with Crippen molar-refractivity contribution in [1.82, 2.24) is 9.55 Å². The number of carbonyl (C=O) groups is 1. The van der Waals surface area contributed by atoms with Crippen molar-refractivity contribution in [3.63, 3.8) is 0 Å². The van der Waals surface area contributed by atoms with E-state index in [1.807, 2.05) is 31.2 Å². The number of methoxy groups -OCH3 is 2. The number of benzene rings is 1. The summed E-state index contributed by atoms with van der Waals surface area (Å²) in [6.07, 6.45) is 1.99. The van der Waals surface area contributed by atoms with Crippen LogP contribution in [-0.2, 0) is 24.5 Å². The van der Waals surface area contributed by atoms with E-state index in [-0.39, 0.29) is 24.3 Å². The van der Waals surface area contributed by atoms with Gasteiger partial charge in [-0.05, 0) is 60.2 Å². The van der Waals surface area contributed by atoms with Gasteiger partial charge in [-0.1, -0.05) is 18.2 Å². The predicted molar refractivity (Wildman–Crippen MR) is 142 cm³/mol. The summed E-state index contributed by atoms with van der Waals surface area (Å²) in [6.45, 7) is 3.19. The lowest BCUT2D eigenvalue weighted by Crippen LogP contribution is -2.39. The summed E-state index contributed by atoms with van der Waals surface area (Å²) in [5.41, 5.74) is 0.176. The molecule has 0 bridgehead atoms. The zero-order chi connectivity index (χ0) is 26.2. The van der Waals surface area contributed by atoms with Crippen molar-refractivity contribution in [1.29, 1.82) is 0 Å². The van der Waals surface area contributed by atoms with Gasteiger partial charge < -0.3 is 23.7 Å². The number of para-hydroxylation sites is 1. The van der Waals surface area contributed by atoms with Gasteiger partial charge in [0.2, 0.25) is 0 Å². The van der Waals surface area contributed by atoms with Gasteiger partial charge in [0.1, 0.15) is 28.8 Å². The molecular weight excluding hydrogens is 564 g/mol. The topological polar surface area (TPSA) is 98.1 Å². The molecule has 11 heteroatoms. The van der Waals surface area contributed by atoms with Crippen molar-refractivity contribution in [2.75, 3.05) is 34.0 Å². The summed E-state index contributed by atoms with van der Waals surface area (Å²) in [4.78, 5) is 31.8. The highest BCUT2D eigenvalue weighted by atomic mass is 79.9. The molecule has 3 heterocycles. The Labute approximate surface area is 226 Å². The lowest BCUT2D eigenvalue weighted by molar-refractivity contribution is -0.146. The van der Waals surface area contributed by atoms with E-state index in [0.29, 0.717) is 42.0 Å². The molecule has 1 saturated heterocycles. The average molecular weight is 593 g/mol. The first-order valence-electron chi connectivity index (χ1n) is 12.2. The van der Waals surface area contributed by atoms with Crippen molar-refractivity contribution in [3.05, 3.63) is 49.5 Å². The second-order valence-corrected chi connectivity index (χ2v) is 11.5. The van der Waals surface area contributed by atoms with Crippen LogP contribution in [0.4, 0.5) is 0 Å². The first-order chi connectivity index (χ1) is 17.9. The van der Waals surface area contributed by atoms with Gasteiger partial charge in [-0.3, -0.25) is 4.79 Å². The number of ether oxygens (including phenoxy) is 5. The maximum absolute atomic E-state index is 13.8. The Balaban J connectivity index is 1.55. The Morgan fingerprint density at radius 3 is 2.68 bits per heavy atom. The molecule has 1 saturated carbocycles. The third kappa shape index (κ3) is 4.89. The maximum Gasteiger partial charge on any atom is 0.332 e. The van der Waals surface area contributed by atoms with Gasteiger partial charge in [0.05, 0.1) is 29.5 Å². The molecule has 9 nitrogen and oxygen atoms in total. The highest BCUT2D eigenvalue weighted by Crippen LogP contribution is 2.46. The number of rotatable bonds is 9. The van der Waals surface area contributed by atoms with E-state index < -0.39 is 17.6 Å². The number of thiophene rings is 1. The number of carbonyl (C=O) groups excluding carboxylic acids is 1. The Bertz CT molecular complexity index is 1360. The quantitative estimate of drug-likeness (QED) is 0.335. The van der Waals surface area contributed by atoms with Crippen molar-refractivity contribution >= 4 is 43.5 Å². The van der Waals surface area contributed by atoms with Crippen LogP contribution in [0, 0.1) is 6.92 Å². The smallest absolute Gasteiger partial charge is 0.332 e. The molecule has 2 fully saturated rings. The summed E-state index contributed by atoms with van der Waals surface area (Å²) in [6, 6.07) is 7.70. The van der Waals surface area contributed by atoms with Crippen LogP contribution < -0.4 is 15.0 Å². The number of esters is 1. The minimum atomic E-state index is -1.12. The van der Waals surface area contributed by atoms with Gasteiger partial charge in [-0.25, -0.2) is 9.36 Å². The first kappa shape index (κ1) is 26.1. The fourth-order valence-corrected chi connectivity index (χ4v) is 6.32. The molecule has 2 aromatic heterocycles. The summed E-state index contributed by atoms with van der Waals surface area (Å²) in [7, 11) is 2.94. The van der Waals surface area contributed by atoms with Gasteiger partial charge in [0, 0.05) is 18.8 Å². The fourth-order valence-electron chi connectivity index (χ4n) is 4.77. The Hall–Kier alpha value is -2.47. The van der Waals surface area contributed by atoms with Crippen LogP contribution in [0.1, 0.15) is 42.9 Å². The molecule has 1 aromatic carbocycles. The van der Waals surface area contributed by atoms with E-state index in [1.54, 1.807) is 7.11 Å². The highest BCUT2D eigenvalue weighted by Gasteiger charge is 2.56. The van der Waals surface area contributed by atoms with E-state index in [1.165, 1.54) is 23.0 Å². The third-order valence-electron chi connectivity index (χ3n) is 6.97. The Morgan fingerprint density at radius 1 is 1.27 bits per heavy atom. The fraction of sp³-hybridized carbons (Fsp3) is 0.500. The largest absolute Gasteiger partial charge is 0.496 e. The molecule has 2 aliphatic rings. The number of aryl methyl sites for hydroxylation is 1. The highest BCUT2D eigenvalue weighted by molar-refractivity contribution is 9.11. The monoisotopic (exact) mass is 592 g/mol. The number of aromatic nitrogens is 2. The van der Waals surface area contributed by atoms with Gasteiger partial charge in [-0.15, -0.1) is 11.3 Å². The second kappa shape index (κ2) is 10.7. The second-order valence-electron chi connectivity index (χ2n) is 9.23. The molecule has 1 unspecified atom stereocenters. The van der Waals surface area contributed by atoms with E-state index in [4.69, 9.17) is 28.7 Å². The molecule has 1 aliphatic heterocycles. The van der Waals surface area contributed by atoms with E-state index >= 15 is 0 Å². The van der Waals surface area contributed by atoms with Gasteiger partial charge in [0.25, 0.3) is 5.56 Å². The van der Waals surface area contributed by atoms with E-state index in [2.05, 4.69) is 15.9 Å². The molecule has 37 heavy (non-hydrogen) atoms. The number of nitrogens with zero attached hydrogens (tertiary/aromatic N) is 2. The van der Waals surface area contributed by atoms with Gasteiger partial charge >= 0.3 is 12.0 Å². The van der Waals surface area contributed by atoms with Crippen molar-refractivity contribution < 1.29 is 28.5 Å². The molecule has 5 rings (SSSR count). The number of halogens is 1. The molecule has 0 spiro atoms. The van der Waals surface area contributed by atoms with Crippen LogP contribution in [0.2, 0.25) is 0 Å². The molecule has 0 amide bonds. The number of fused-ring (bicyclic) bond motifs is 1. The Kier molecular flexibility index (Phi) is 7.58. The lowest BCUT2D eigenvalue weighted by Gasteiger charge is -2.29. The SMILES string of the molecule is COC(=O)C1(n2c(OCC(OC3CCOCC3)c3ccccc3OC)nc3sc(Br)c(C)c3c2=O)CC1. The predicted octanol–water partition coefficient (Wildman–Crippen LogP) is 4.52. The van der Waals surface area contributed by atoms with Crippen LogP contribution in [-0.4, -0.2) is 55.7 Å². The molecule has 198 valence electrons. The summed E-state index contributed by atoms with van der Waals surface area (Å²) < 4.78 is 31.1. The number of hydrogen-bond acceptors (Lipinski definition) is 9. The normalized spacial score (nSPS) is 17.9. The van der Waals surface area contributed by atoms with Gasteiger partial charge in [0.15, 0.2) is 0 Å². The first-order valence-corrected chi connectivity index (χ1v) is 13.8. The standard InChI is InChI=1S/C26H29BrN2O7S/c1-15-20-22(37-21(15)27)28-25(29(23(20)30)26(10-11-26)24(31)33-3)35-14-19(36-16-8-12-34-13-9-16)17-6-4-5-7-18(17)32-2/h4-7,16,19H,8-14H2,1-3H3. The van der Waals surface area contributed by atoms with E-state index in [0.717, 1.165) is 27.8 Å². The van der Waals surface area contributed by atoms with Crippen LogP contribution in [0.25, 0.3) is 10.2 Å². The minimum Gasteiger partial charge on any atom is -0.496 e. The molecule has 0 N–H and O–H groups in total. The zero-order valence-electron chi connectivity index (χ0n) is 21.0. The van der Waals surface area contributed by atoms with Crippen molar-refractivity contribution in [3.8, 4) is 11.8 Å². The van der Waals surface area contributed by atoms with E-state index in [9.17, 15) is 9.59 Å². The molecular formula is C26H29BrN2O7S. The Morgan fingerprint density at radius 2 is 2.00 bits per heavy atom. The van der Waals surface area contributed by atoms with Crippen LogP contribution >= 0.6 is 27.3 Å². The molecule has 0 radical (unpaired) electrons. The zero-order valence-corrected chi connectivity index (χ0v) is 23.4. The van der Waals surface area contributed by atoms with Crippen molar-refractivity contribution in [2.45, 2.75) is 50.4 Å². The summed E-state index contributed by atoms with van der Waals surface area (Å²) in [5, 5.41) is 0.471. The summed E-state index contributed by atoms with van der Waals surface area (Å²) in [5.74, 6) is 0.197. The summed E-state index contributed by atoms with van der Waals surface area (Å²) >= 11 is 4.88. The molecule has 1 aliphatic carbocycles. The molecule has 3 aromatic rings. The van der Waals surface area contributed by atoms with Gasteiger partial charge in [-0.2, -0.15) is 4.98 Å². The molecule has 1 atom stereocenters. The average Bonchev–Trinajstić information content (AvgIpc) is 3.66. The maximum atomic E-state index is 13.8. The van der Waals surface area contributed by atoms with Crippen molar-refractivity contribution in [2.24, 2.45) is 0 Å². The number of hydrogen-bond donors (Lipinski definition) is 0. The minimum absolute atomic E-state index is 0.00867.